The summed E-state index contributed by atoms with van der Waals surface area (Å²) in [5.41, 5.74) is 4.37. The second kappa shape index (κ2) is 10.8. The Labute approximate surface area is 213 Å². The molecule has 0 saturated carbocycles. The summed E-state index contributed by atoms with van der Waals surface area (Å²) in [6.45, 7) is 3.79. The zero-order valence-corrected chi connectivity index (χ0v) is 21.2. The predicted molar refractivity (Wildman–Crippen MR) is 145 cm³/mol. The van der Waals surface area contributed by atoms with Crippen LogP contribution in [0, 0.1) is 13.8 Å². The van der Waals surface area contributed by atoms with Gasteiger partial charge in [-0.3, -0.25) is 14.5 Å². The van der Waals surface area contributed by atoms with E-state index in [2.05, 4.69) is 5.32 Å². The molecule has 0 radical (unpaired) electrons. The number of hydrogen-bond donors (Lipinski definition) is 1. The number of methoxy groups -OCH3 is 1. The van der Waals surface area contributed by atoms with E-state index in [9.17, 15) is 9.59 Å². The predicted octanol–water partition coefficient (Wildman–Crippen LogP) is 5.74. The van der Waals surface area contributed by atoms with Crippen LogP contribution in [-0.2, 0) is 9.59 Å². The number of thiocarbonyl (C=S) groups is 1. The van der Waals surface area contributed by atoms with E-state index in [0.29, 0.717) is 26.4 Å². The number of anilines is 2. The van der Waals surface area contributed by atoms with Gasteiger partial charge in [0.25, 0.3) is 11.8 Å². The van der Waals surface area contributed by atoms with Crippen LogP contribution in [0.15, 0.2) is 71.6 Å². The first-order valence-corrected chi connectivity index (χ1v) is 12.1. The summed E-state index contributed by atoms with van der Waals surface area (Å²) in [6, 6.07) is 20.5. The Balaban J connectivity index is 1.45. The first-order chi connectivity index (χ1) is 16.8. The first kappa shape index (κ1) is 24.5. The van der Waals surface area contributed by atoms with Gasteiger partial charge in [0.15, 0.2) is 22.4 Å². The zero-order valence-electron chi connectivity index (χ0n) is 19.5. The first-order valence-electron chi connectivity index (χ1n) is 10.9. The van der Waals surface area contributed by atoms with Gasteiger partial charge in [-0.2, -0.15) is 0 Å². The molecule has 0 spiro atoms. The quantitative estimate of drug-likeness (QED) is 0.327. The standard InChI is InChI=1S/C27H24N2O4S2/c1-17-7-10-20(11-8-17)28-25(30)16-33-22-12-9-19(14-23(22)32-3)15-24-26(31)29(27(34)35-24)21-6-4-5-18(2)13-21/h4-15H,16H2,1-3H3,(H,28,30)/b24-15-. The van der Waals surface area contributed by atoms with Gasteiger partial charge in [0, 0.05) is 5.69 Å². The number of carbonyl (C=O) groups is 2. The van der Waals surface area contributed by atoms with Crippen LogP contribution < -0.4 is 19.7 Å². The fourth-order valence-corrected chi connectivity index (χ4v) is 4.78. The lowest BCUT2D eigenvalue weighted by atomic mass is 10.1. The lowest BCUT2D eigenvalue weighted by molar-refractivity contribution is -0.118. The SMILES string of the molecule is COc1cc(/C=C2\SC(=S)N(c3cccc(C)c3)C2=O)ccc1OCC(=O)Nc1ccc(C)cc1. The molecular weight excluding hydrogens is 480 g/mol. The van der Waals surface area contributed by atoms with Gasteiger partial charge >= 0.3 is 0 Å². The van der Waals surface area contributed by atoms with Gasteiger partial charge in [0.2, 0.25) is 0 Å². The van der Waals surface area contributed by atoms with Crippen molar-refractivity contribution in [3.8, 4) is 11.5 Å². The van der Waals surface area contributed by atoms with Crippen molar-refractivity contribution in [1.82, 2.24) is 0 Å². The van der Waals surface area contributed by atoms with E-state index in [1.54, 1.807) is 29.2 Å². The molecule has 35 heavy (non-hydrogen) atoms. The molecule has 0 unspecified atom stereocenters. The third-order valence-electron chi connectivity index (χ3n) is 5.23. The summed E-state index contributed by atoms with van der Waals surface area (Å²) in [5.74, 6) is 0.435. The molecule has 4 rings (SSSR count). The molecule has 0 atom stereocenters. The van der Waals surface area contributed by atoms with Crippen molar-refractivity contribution in [3.63, 3.8) is 0 Å². The van der Waals surface area contributed by atoms with Crippen LogP contribution in [0.25, 0.3) is 6.08 Å². The molecule has 2 amide bonds. The van der Waals surface area contributed by atoms with Gasteiger partial charge in [0.05, 0.1) is 17.7 Å². The van der Waals surface area contributed by atoms with Gasteiger partial charge in [0.1, 0.15) is 0 Å². The number of thioether (sulfide) groups is 1. The Morgan fingerprint density at radius 1 is 1.03 bits per heavy atom. The molecule has 8 heteroatoms. The number of nitrogens with zero attached hydrogens (tertiary/aromatic N) is 1. The van der Waals surface area contributed by atoms with E-state index in [1.165, 1.54) is 18.9 Å². The number of ether oxygens (including phenoxy) is 2. The smallest absolute Gasteiger partial charge is 0.270 e. The maximum Gasteiger partial charge on any atom is 0.270 e. The average Bonchev–Trinajstić information content (AvgIpc) is 3.12. The molecule has 0 aliphatic carbocycles. The monoisotopic (exact) mass is 504 g/mol. The van der Waals surface area contributed by atoms with Gasteiger partial charge in [-0.25, -0.2) is 0 Å². The van der Waals surface area contributed by atoms with Crippen LogP contribution in [0.3, 0.4) is 0 Å². The van der Waals surface area contributed by atoms with E-state index in [1.807, 2.05) is 62.4 Å². The van der Waals surface area contributed by atoms with Crippen LogP contribution >= 0.6 is 24.0 Å². The molecule has 178 valence electrons. The highest BCUT2D eigenvalue weighted by Crippen LogP contribution is 2.37. The van der Waals surface area contributed by atoms with E-state index >= 15 is 0 Å². The maximum atomic E-state index is 13.0. The minimum Gasteiger partial charge on any atom is -0.493 e. The van der Waals surface area contributed by atoms with Gasteiger partial charge in [-0.1, -0.05) is 59.9 Å². The van der Waals surface area contributed by atoms with Crippen LogP contribution in [0.5, 0.6) is 11.5 Å². The highest BCUT2D eigenvalue weighted by Gasteiger charge is 2.33. The Bertz CT molecular complexity index is 1320. The van der Waals surface area contributed by atoms with Gasteiger partial charge < -0.3 is 14.8 Å². The maximum absolute atomic E-state index is 13.0. The topological polar surface area (TPSA) is 67.9 Å². The van der Waals surface area contributed by atoms with E-state index in [0.717, 1.165) is 22.4 Å². The minimum absolute atomic E-state index is 0.168. The molecule has 1 aliphatic rings. The Morgan fingerprint density at radius 2 is 1.80 bits per heavy atom. The summed E-state index contributed by atoms with van der Waals surface area (Å²) in [5, 5.41) is 2.80. The highest BCUT2D eigenvalue weighted by atomic mass is 32.2. The van der Waals surface area contributed by atoms with Gasteiger partial charge in [-0.05, 0) is 67.4 Å². The normalized spacial score (nSPS) is 14.4. The second-order valence-electron chi connectivity index (χ2n) is 7.97. The van der Waals surface area contributed by atoms with E-state index < -0.39 is 0 Å². The third-order valence-corrected chi connectivity index (χ3v) is 6.54. The molecule has 1 N–H and O–H groups in total. The largest absolute Gasteiger partial charge is 0.493 e. The number of nitrogens with one attached hydrogen (secondary N) is 1. The lowest BCUT2D eigenvalue weighted by Gasteiger charge is -2.14. The van der Waals surface area contributed by atoms with Crippen molar-refractivity contribution in [2.45, 2.75) is 13.8 Å². The van der Waals surface area contributed by atoms with Crippen LogP contribution in [0.4, 0.5) is 11.4 Å². The summed E-state index contributed by atoms with van der Waals surface area (Å²) < 4.78 is 11.6. The molecule has 0 aromatic heterocycles. The summed E-state index contributed by atoms with van der Waals surface area (Å²) in [6.07, 6.45) is 1.77. The zero-order chi connectivity index (χ0) is 24.9. The fourth-order valence-electron chi connectivity index (χ4n) is 3.48. The average molecular weight is 505 g/mol. The molecule has 3 aromatic carbocycles. The Kier molecular flexibility index (Phi) is 7.53. The van der Waals surface area contributed by atoms with E-state index in [-0.39, 0.29) is 18.4 Å². The van der Waals surface area contributed by atoms with E-state index in [4.69, 9.17) is 21.7 Å². The summed E-state index contributed by atoms with van der Waals surface area (Å²) in [7, 11) is 1.52. The summed E-state index contributed by atoms with van der Waals surface area (Å²) in [4.78, 5) is 27.4. The molecule has 3 aromatic rings. The number of rotatable bonds is 7. The lowest BCUT2D eigenvalue weighted by Crippen LogP contribution is -2.27. The van der Waals surface area contributed by atoms with Gasteiger partial charge in [-0.15, -0.1) is 0 Å². The molecule has 0 bridgehead atoms. The Hall–Kier alpha value is -3.62. The fraction of sp³-hybridized carbons (Fsp3) is 0.148. The molecular formula is C27H24N2O4S2. The van der Waals surface area contributed by atoms with Crippen molar-refractivity contribution in [2.24, 2.45) is 0 Å². The summed E-state index contributed by atoms with van der Waals surface area (Å²) >= 11 is 6.72. The second-order valence-corrected chi connectivity index (χ2v) is 9.65. The number of benzene rings is 3. The molecule has 1 saturated heterocycles. The number of hydrogen-bond acceptors (Lipinski definition) is 6. The third kappa shape index (κ3) is 5.90. The van der Waals surface area contributed by atoms with Crippen LogP contribution in [0.1, 0.15) is 16.7 Å². The highest BCUT2D eigenvalue weighted by molar-refractivity contribution is 8.27. The molecule has 1 heterocycles. The molecule has 1 aliphatic heterocycles. The van der Waals surface area contributed by atoms with Crippen molar-refractivity contribution >= 4 is 57.6 Å². The van der Waals surface area contributed by atoms with Crippen molar-refractivity contribution in [3.05, 3.63) is 88.3 Å². The van der Waals surface area contributed by atoms with Crippen molar-refractivity contribution in [1.29, 1.82) is 0 Å². The number of carbonyl (C=O) groups excluding carboxylic acids is 2. The number of amides is 2. The number of aryl methyl sites for hydroxylation is 2. The van der Waals surface area contributed by atoms with Crippen LogP contribution in [0.2, 0.25) is 0 Å². The Morgan fingerprint density at radius 3 is 2.51 bits per heavy atom. The molecule has 1 fully saturated rings. The molecule has 6 nitrogen and oxygen atoms in total. The van der Waals surface area contributed by atoms with Crippen molar-refractivity contribution < 1.29 is 19.1 Å². The van der Waals surface area contributed by atoms with Crippen molar-refractivity contribution in [2.75, 3.05) is 23.9 Å². The van der Waals surface area contributed by atoms with Crippen LogP contribution in [-0.4, -0.2) is 29.9 Å². The minimum atomic E-state index is -0.278.